The first-order valence-corrected chi connectivity index (χ1v) is 10.1. The van der Waals surface area contributed by atoms with E-state index in [9.17, 15) is 24.6 Å². The van der Waals surface area contributed by atoms with E-state index in [-0.39, 0.29) is 19.4 Å². The van der Waals surface area contributed by atoms with Gasteiger partial charge in [0.05, 0.1) is 13.2 Å². The summed E-state index contributed by atoms with van der Waals surface area (Å²) in [5, 5.41) is 43.2. The lowest BCUT2D eigenvalue weighted by Gasteiger charge is -2.35. The van der Waals surface area contributed by atoms with E-state index in [0.29, 0.717) is 25.8 Å². The summed E-state index contributed by atoms with van der Waals surface area (Å²) in [5.74, 6) is -1.68. The summed E-state index contributed by atoms with van der Waals surface area (Å²) in [7, 11) is -1.48. The van der Waals surface area contributed by atoms with Gasteiger partial charge in [0, 0.05) is 12.0 Å². The van der Waals surface area contributed by atoms with Crippen LogP contribution in [0.4, 0.5) is 4.79 Å². The number of ether oxygens (including phenoxy) is 1. The van der Waals surface area contributed by atoms with Crippen molar-refractivity contribution < 1.29 is 39.4 Å². The minimum Gasteiger partial charge on any atom is -0.480 e. The van der Waals surface area contributed by atoms with Crippen LogP contribution in [0.15, 0.2) is 0 Å². The molecule has 11 nitrogen and oxygen atoms in total. The number of aliphatic carboxylic acids is 1. The van der Waals surface area contributed by atoms with Crippen LogP contribution in [0.25, 0.3) is 0 Å². The Labute approximate surface area is 175 Å². The molecular weight excluding hydrogens is 397 g/mol. The second-order valence-electron chi connectivity index (χ2n) is 9.12. The van der Waals surface area contributed by atoms with Gasteiger partial charge >= 0.3 is 19.2 Å². The molecule has 30 heavy (non-hydrogen) atoms. The molecule has 0 bridgehead atoms. The SMILES string of the molecule is CC(C)(C)OC(=O)N[C@@H](CO)C(=O)N1C[C@@]2(CCCB(O)O)CCN[C@@]2(C(=O)O)C1. The van der Waals surface area contributed by atoms with E-state index in [2.05, 4.69) is 10.6 Å². The van der Waals surface area contributed by atoms with Crippen LogP contribution in [0.1, 0.15) is 40.0 Å². The van der Waals surface area contributed by atoms with E-state index >= 15 is 0 Å². The number of carboxylic acid groups (broad SMARTS) is 1. The number of hydrogen-bond acceptors (Lipinski definition) is 8. The molecule has 0 saturated carbocycles. The number of carboxylic acids is 1. The molecule has 0 unspecified atom stereocenters. The van der Waals surface area contributed by atoms with Crippen molar-refractivity contribution in [2.75, 3.05) is 26.2 Å². The fourth-order valence-electron chi connectivity index (χ4n) is 4.48. The molecule has 2 saturated heterocycles. The largest absolute Gasteiger partial charge is 0.480 e. The summed E-state index contributed by atoms with van der Waals surface area (Å²) in [6.45, 7) is 4.81. The van der Waals surface area contributed by atoms with Gasteiger partial charge in [-0.3, -0.25) is 14.9 Å². The van der Waals surface area contributed by atoms with Gasteiger partial charge in [0.2, 0.25) is 5.91 Å². The number of nitrogens with one attached hydrogen (secondary N) is 2. The van der Waals surface area contributed by atoms with Crippen LogP contribution in [0.2, 0.25) is 6.32 Å². The first kappa shape index (κ1) is 24.4. The molecule has 2 rings (SSSR count). The van der Waals surface area contributed by atoms with Crippen LogP contribution >= 0.6 is 0 Å². The highest BCUT2D eigenvalue weighted by Crippen LogP contribution is 2.50. The van der Waals surface area contributed by atoms with Gasteiger partial charge in [-0.1, -0.05) is 6.42 Å². The molecule has 2 aliphatic rings. The number of alkyl carbamates (subject to hydrolysis) is 1. The molecule has 0 spiro atoms. The third-order valence-corrected chi connectivity index (χ3v) is 5.82. The third kappa shape index (κ3) is 5.05. The average molecular weight is 429 g/mol. The van der Waals surface area contributed by atoms with Crippen LogP contribution in [-0.4, -0.2) is 93.7 Å². The Bertz CT molecular complexity index is 670. The van der Waals surface area contributed by atoms with Crippen LogP contribution in [0.5, 0.6) is 0 Å². The zero-order valence-corrected chi connectivity index (χ0v) is 17.7. The first-order chi connectivity index (χ1) is 13.9. The fourth-order valence-corrected chi connectivity index (χ4v) is 4.48. The minimum atomic E-state index is -1.48. The van der Waals surface area contributed by atoms with Crippen molar-refractivity contribution >= 4 is 25.1 Å². The molecule has 3 atom stereocenters. The van der Waals surface area contributed by atoms with E-state index in [1.54, 1.807) is 20.8 Å². The Balaban J connectivity index is 2.17. The van der Waals surface area contributed by atoms with Crippen molar-refractivity contribution in [3.05, 3.63) is 0 Å². The topological polar surface area (TPSA) is 169 Å². The molecule has 2 fully saturated rings. The molecule has 0 radical (unpaired) electrons. The highest BCUT2D eigenvalue weighted by Gasteiger charge is 2.65. The molecule has 0 aromatic carbocycles. The fraction of sp³-hybridized carbons (Fsp3) is 0.833. The first-order valence-electron chi connectivity index (χ1n) is 10.1. The van der Waals surface area contributed by atoms with Gasteiger partial charge in [-0.15, -0.1) is 0 Å². The summed E-state index contributed by atoms with van der Waals surface area (Å²) in [4.78, 5) is 38.6. The Morgan fingerprint density at radius 3 is 2.47 bits per heavy atom. The zero-order chi connectivity index (χ0) is 22.7. The second kappa shape index (κ2) is 9.09. The lowest BCUT2D eigenvalue weighted by Crippen LogP contribution is -2.58. The van der Waals surface area contributed by atoms with Crippen molar-refractivity contribution in [2.24, 2.45) is 5.41 Å². The molecule has 0 aliphatic carbocycles. The van der Waals surface area contributed by atoms with Gasteiger partial charge in [0.25, 0.3) is 0 Å². The highest BCUT2D eigenvalue weighted by molar-refractivity contribution is 6.40. The Kier molecular flexibility index (Phi) is 7.38. The van der Waals surface area contributed by atoms with E-state index in [1.165, 1.54) is 4.90 Å². The van der Waals surface area contributed by atoms with Crippen molar-refractivity contribution in [3.8, 4) is 0 Å². The number of rotatable bonds is 8. The maximum atomic E-state index is 13.0. The van der Waals surface area contributed by atoms with Gasteiger partial charge in [0.1, 0.15) is 17.2 Å². The average Bonchev–Trinajstić information content (AvgIpc) is 3.10. The molecule has 2 aliphatic heterocycles. The van der Waals surface area contributed by atoms with Gasteiger partial charge < -0.3 is 35.2 Å². The lowest BCUT2D eigenvalue weighted by molar-refractivity contribution is -0.147. The molecule has 2 heterocycles. The number of carbonyl (C=O) groups is 3. The number of aliphatic hydroxyl groups excluding tert-OH is 1. The molecule has 12 heteroatoms. The number of amides is 2. The monoisotopic (exact) mass is 429 g/mol. The maximum absolute atomic E-state index is 13.0. The summed E-state index contributed by atoms with van der Waals surface area (Å²) >= 11 is 0. The lowest BCUT2D eigenvalue weighted by atomic mass is 9.68. The smallest absolute Gasteiger partial charge is 0.451 e. The minimum absolute atomic E-state index is 0.102. The van der Waals surface area contributed by atoms with E-state index in [4.69, 9.17) is 14.8 Å². The third-order valence-electron chi connectivity index (χ3n) is 5.82. The Hall–Kier alpha value is -1.89. The van der Waals surface area contributed by atoms with E-state index in [1.807, 2.05) is 0 Å². The van der Waals surface area contributed by atoms with Gasteiger partial charge in [-0.05, 0) is 46.5 Å². The van der Waals surface area contributed by atoms with Crippen LogP contribution in [-0.2, 0) is 14.3 Å². The number of carbonyl (C=O) groups excluding carboxylic acids is 2. The Morgan fingerprint density at radius 2 is 1.93 bits per heavy atom. The Morgan fingerprint density at radius 1 is 1.27 bits per heavy atom. The van der Waals surface area contributed by atoms with Crippen molar-refractivity contribution in [1.29, 1.82) is 0 Å². The summed E-state index contributed by atoms with van der Waals surface area (Å²) in [6.07, 6.45) is 0.526. The van der Waals surface area contributed by atoms with Gasteiger partial charge in [-0.2, -0.15) is 0 Å². The summed E-state index contributed by atoms with van der Waals surface area (Å²) in [6, 6.07) is -1.26. The molecule has 0 aromatic rings. The molecule has 0 aromatic heterocycles. The number of fused-ring (bicyclic) bond motifs is 1. The summed E-state index contributed by atoms with van der Waals surface area (Å²) in [5.41, 5.74) is -2.93. The summed E-state index contributed by atoms with van der Waals surface area (Å²) < 4.78 is 5.13. The predicted molar refractivity (Wildman–Crippen MR) is 106 cm³/mol. The van der Waals surface area contributed by atoms with Gasteiger partial charge in [-0.25, -0.2) is 4.79 Å². The number of hydrogen-bond donors (Lipinski definition) is 6. The van der Waals surface area contributed by atoms with E-state index in [0.717, 1.165) is 0 Å². The number of likely N-dealkylation sites (tertiary alicyclic amines) is 1. The normalized spacial score (nSPS) is 26.8. The number of nitrogens with zero attached hydrogens (tertiary/aromatic N) is 1. The van der Waals surface area contributed by atoms with Crippen LogP contribution < -0.4 is 10.6 Å². The highest BCUT2D eigenvalue weighted by atomic mass is 16.6. The van der Waals surface area contributed by atoms with Crippen molar-refractivity contribution in [3.63, 3.8) is 0 Å². The van der Waals surface area contributed by atoms with Crippen LogP contribution in [0, 0.1) is 5.41 Å². The molecular formula is C18H32BN3O8. The van der Waals surface area contributed by atoms with Crippen molar-refractivity contribution in [1.82, 2.24) is 15.5 Å². The van der Waals surface area contributed by atoms with Gasteiger partial charge in [0.15, 0.2) is 0 Å². The standard InChI is InChI=1S/C18H32BN3O8/c1-16(2,3)30-15(27)21-12(9-23)13(24)22-10-17(5-4-7-19(28)29)6-8-20-18(17,11-22)14(25)26/h12,20,23,28-29H,4-11H2,1-3H3,(H,21,27)(H,25,26)/t12-,17+,18+/m0/s1. The maximum Gasteiger partial charge on any atom is 0.451 e. The molecule has 2 amide bonds. The number of aliphatic hydroxyl groups is 1. The molecule has 6 N–H and O–H groups in total. The predicted octanol–water partition coefficient (Wildman–Crippen LogP) is -1.23. The van der Waals surface area contributed by atoms with E-state index < -0.39 is 54.3 Å². The zero-order valence-electron chi connectivity index (χ0n) is 17.7. The van der Waals surface area contributed by atoms with Crippen molar-refractivity contribution in [2.45, 2.75) is 63.5 Å². The second-order valence-corrected chi connectivity index (χ2v) is 9.12. The van der Waals surface area contributed by atoms with Crippen LogP contribution in [0.3, 0.4) is 0 Å². The molecule has 170 valence electrons. The quantitative estimate of drug-likeness (QED) is 0.259.